The Hall–Kier alpha value is -2.08. The number of amides is 2. The number of carbonyl (C=O) groups excluding carboxylic acids is 2. The molecular weight excluding hydrogens is 318 g/mol. The van der Waals surface area contributed by atoms with Crippen LogP contribution in [0.25, 0.3) is 0 Å². The van der Waals surface area contributed by atoms with Crippen LogP contribution in [-0.4, -0.2) is 48.1 Å². The summed E-state index contributed by atoms with van der Waals surface area (Å²) >= 11 is 0. The van der Waals surface area contributed by atoms with E-state index in [2.05, 4.69) is 36.9 Å². The highest BCUT2D eigenvalue weighted by atomic mass is 16.5. The van der Waals surface area contributed by atoms with E-state index < -0.39 is 0 Å². The Balaban J connectivity index is 1.69. The quantitative estimate of drug-likeness (QED) is 0.451. The lowest BCUT2D eigenvalue weighted by Crippen LogP contribution is -2.48. The Morgan fingerprint density at radius 1 is 1.00 bits per heavy atom. The van der Waals surface area contributed by atoms with Crippen molar-refractivity contribution in [1.29, 1.82) is 0 Å². The minimum Gasteiger partial charge on any atom is -0.368 e. The maximum Gasteiger partial charge on any atom is 0.243 e. The third kappa shape index (κ3) is 5.74. The van der Waals surface area contributed by atoms with Gasteiger partial charge in [-0.05, 0) is 49.9 Å². The lowest BCUT2D eigenvalue weighted by atomic mass is 10.1. The van der Waals surface area contributed by atoms with Gasteiger partial charge >= 0.3 is 0 Å². The van der Waals surface area contributed by atoms with E-state index in [1.165, 1.54) is 16.8 Å². The minimum absolute atomic E-state index is 0.200. The number of benzene rings is 1. The molecule has 0 atom stereocenters. The van der Waals surface area contributed by atoms with Crippen molar-refractivity contribution in [3.05, 3.63) is 29.3 Å². The SMILES string of the molecule is Cc1ccc(N2CCN(C(=O)CCCCCC(=O)NO)CC2)cc1C. The number of hydrogen-bond donors (Lipinski definition) is 2. The van der Waals surface area contributed by atoms with Crippen LogP contribution in [0, 0.1) is 13.8 Å². The second-order valence-electron chi connectivity index (χ2n) is 6.73. The molecule has 0 saturated carbocycles. The third-order valence-corrected chi connectivity index (χ3v) is 4.91. The second kappa shape index (κ2) is 9.42. The summed E-state index contributed by atoms with van der Waals surface area (Å²) in [5.74, 6) is -0.167. The normalized spacial score (nSPS) is 14.5. The van der Waals surface area contributed by atoms with Crippen LogP contribution in [-0.2, 0) is 9.59 Å². The highest BCUT2D eigenvalue weighted by Crippen LogP contribution is 2.20. The molecule has 25 heavy (non-hydrogen) atoms. The summed E-state index contributed by atoms with van der Waals surface area (Å²) in [5, 5.41) is 8.42. The number of unbranched alkanes of at least 4 members (excludes halogenated alkanes) is 2. The summed E-state index contributed by atoms with van der Waals surface area (Å²) in [6, 6.07) is 6.52. The summed E-state index contributed by atoms with van der Waals surface area (Å²) in [7, 11) is 0. The van der Waals surface area contributed by atoms with Crippen molar-refractivity contribution in [2.75, 3.05) is 31.1 Å². The maximum absolute atomic E-state index is 12.3. The van der Waals surface area contributed by atoms with Gasteiger partial charge in [0.25, 0.3) is 0 Å². The topological polar surface area (TPSA) is 72.9 Å². The first-order chi connectivity index (χ1) is 12.0. The molecule has 1 fully saturated rings. The molecule has 1 aliphatic rings. The summed E-state index contributed by atoms with van der Waals surface area (Å²) in [5.41, 5.74) is 5.45. The van der Waals surface area contributed by atoms with E-state index >= 15 is 0 Å². The zero-order chi connectivity index (χ0) is 18.2. The van der Waals surface area contributed by atoms with Crippen LogP contribution in [0.1, 0.15) is 43.2 Å². The Kier molecular flexibility index (Phi) is 7.25. The fraction of sp³-hybridized carbons (Fsp3) is 0.579. The molecule has 138 valence electrons. The molecule has 6 heteroatoms. The van der Waals surface area contributed by atoms with E-state index in [-0.39, 0.29) is 11.8 Å². The summed E-state index contributed by atoms with van der Waals surface area (Å²) in [6.45, 7) is 7.50. The zero-order valence-electron chi connectivity index (χ0n) is 15.3. The number of rotatable bonds is 7. The molecular formula is C19H29N3O3. The number of aryl methyl sites for hydroxylation is 2. The van der Waals surface area contributed by atoms with E-state index in [1.54, 1.807) is 5.48 Å². The molecule has 0 bridgehead atoms. The lowest BCUT2D eigenvalue weighted by Gasteiger charge is -2.36. The Morgan fingerprint density at radius 3 is 2.32 bits per heavy atom. The molecule has 0 aromatic heterocycles. The number of hydrogen-bond acceptors (Lipinski definition) is 4. The average molecular weight is 347 g/mol. The van der Waals surface area contributed by atoms with Crippen LogP contribution < -0.4 is 10.4 Å². The largest absolute Gasteiger partial charge is 0.368 e. The van der Waals surface area contributed by atoms with Crippen molar-refractivity contribution in [2.24, 2.45) is 0 Å². The van der Waals surface area contributed by atoms with E-state index in [0.717, 1.165) is 39.0 Å². The van der Waals surface area contributed by atoms with Crippen LogP contribution in [0.15, 0.2) is 18.2 Å². The average Bonchev–Trinajstić information content (AvgIpc) is 2.63. The predicted octanol–water partition coefficient (Wildman–Crippen LogP) is 2.41. The van der Waals surface area contributed by atoms with Gasteiger partial charge in [-0.25, -0.2) is 5.48 Å². The van der Waals surface area contributed by atoms with Gasteiger partial charge in [-0.3, -0.25) is 14.8 Å². The molecule has 2 amide bonds. The van der Waals surface area contributed by atoms with Gasteiger partial charge in [0.1, 0.15) is 0 Å². The minimum atomic E-state index is -0.367. The van der Waals surface area contributed by atoms with Crippen LogP contribution in [0.3, 0.4) is 0 Å². The fourth-order valence-electron chi connectivity index (χ4n) is 3.09. The molecule has 1 aliphatic heterocycles. The monoisotopic (exact) mass is 347 g/mol. The molecule has 1 aromatic rings. The predicted molar refractivity (Wildman–Crippen MR) is 97.7 cm³/mol. The van der Waals surface area contributed by atoms with E-state index in [9.17, 15) is 9.59 Å². The molecule has 1 heterocycles. The maximum atomic E-state index is 12.3. The first-order valence-electron chi connectivity index (χ1n) is 9.04. The van der Waals surface area contributed by atoms with Crippen molar-refractivity contribution < 1.29 is 14.8 Å². The van der Waals surface area contributed by atoms with Gasteiger partial charge in [0, 0.05) is 44.7 Å². The molecule has 0 spiro atoms. The number of nitrogens with zero attached hydrogens (tertiary/aromatic N) is 2. The third-order valence-electron chi connectivity index (χ3n) is 4.91. The number of anilines is 1. The van der Waals surface area contributed by atoms with E-state index in [1.807, 2.05) is 4.90 Å². The molecule has 0 unspecified atom stereocenters. The van der Waals surface area contributed by atoms with Gasteiger partial charge in [-0.1, -0.05) is 12.5 Å². The number of nitrogens with one attached hydrogen (secondary N) is 1. The van der Waals surface area contributed by atoms with Crippen molar-refractivity contribution in [2.45, 2.75) is 46.0 Å². The summed E-state index contributed by atoms with van der Waals surface area (Å²) in [6.07, 6.45) is 3.14. The Morgan fingerprint density at radius 2 is 1.68 bits per heavy atom. The van der Waals surface area contributed by atoms with Crippen LogP contribution in [0.5, 0.6) is 0 Å². The molecule has 0 aliphatic carbocycles. The molecule has 2 N–H and O–H groups in total. The van der Waals surface area contributed by atoms with Crippen LogP contribution >= 0.6 is 0 Å². The molecule has 0 radical (unpaired) electrons. The van der Waals surface area contributed by atoms with Gasteiger partial charge in [0.2, 0.25) is 11.8 Å². The molecule has 2 rings (SSSR count). The molecule has 1 aromatic carbocycles. The number of hydroxylamine groups is 1. The number of piperazine rings is 1. The zero-order valence-corrected chi connectivity index (χ0v) is 15.3. The van der Waals surface area contributed by atoms with Crippen LogP contribution in [0.2, 0.25) is 0 Å². The highest BCUT2D eigenvalue weighted by Gasteiger charge is 2.21. The van der Waals surface area contributed by atoms with Gasteiger partial charge in [0.15, 0.2) is 0 Å². The standard InChI is InChI=1S/C19H29N3O3/c1-15-8-9-17(14-16(15)2)21-10-12-22(13-11-21)19(24)7-5-3-4-6-18(23)20-25/h8-9,14,25H,3-7,10-13H2,1-2H3,(H,20,23). The molecule has 1 saturated heterocycles. The van der Waals surface area contributed by atoms with Crippen molar-refractivity contribution in [3.8, 4) is 0 Å². The first-order valence-corrected chi connectivity index (χ1v) is 9.04. The van der Waals surface area contributed by atoms with Crippen molar-refractivity contribution >= 4 is 17.5 Å². The van der Waals surface area contributed by atoms with Crippen LogP contribution in [0.4, 0.5) is 5.69 Å². The van der Waals surface area contributed by atoms with E-state index in [4.69, 9.17) is 5.21 Å². The van der Waals surface area contributed by atoms with Gasteiger partial charge in [-0.15, -0.1) is 0 Å². The van der Waals surface area contributed by atoms with Crippen molar-refractivity contribution in [1.82, 2.24) is 10.4 Å². The Bertz CT molecular complexity index is 596. The smallest absolute Gasteiger partial charge is 0.243 e. The van der Waals surface area contributed by atoms with Gasteiger partial charge in [-0.2, -0.15) is 0 Å². The number of carbonyl (C=O) groups is 2. The lowest BCUT2D eigenvalue weighted by molar-refractivity contribution is -0.131. The van der Waals surface area contributed by atoms with Gasteiger partial charge in [0.05, 0.1) is 0 Å². The van der Waals surface area contributed by atoms with Gasteiger partial charge < -0.3 is 9.80 Å². The summed E-state index contributed by atoms with van der Waals surface area (Å²) in [4.78, 5) is 27.5. The van der Waals surface area contributed by atoms with Crippen molar-refractivity contribution in [3.63, 3.8) is 0 Å². The summed E-state index contributed by atoms with van der Waals surface area (Å²) < 4.78 is 0. The second-order valence-corrected chi connectivity index (χ2v) is 6.73. The highest BCUT2D eigenvalue weighted by molar-refractivity contribution is 5.76. The molecule has 6 nitrogen and oxygen atoms in total. The Labute approximate surface area is 149 Å². The fourth-order valence-corrected chi connectivity index (χ4v) is 3.09. The van der Waals surface area contributed by atoms with E-state index in [0.29, 0.717) is 19.3 Å². The first kappa shape index (κ1) is 19.2.